The van der Waals surface area contributed by atoms with E-state index in [2.05, 4.69) is 10.2 Å². The summed E-state index contributed by atoms with van der Waals surface area (Å²) in [5.74, 6) is -4.64. The molecule has 0 radical (unpaired) electrons. The van der Waals surface area contributed by atoms with Crippen molar-refractivity contribution < 1.29 is 27.9 Å². The molecule has 2 heterocycles. The van der Waals surface area contributed by atoms with Crippen molar-refractivity contribution in [1.82, 2.24) is 15.1 Å². The summed E-state index contributed by atoms with van der Waals surface area (Å²) in [6.45, 7) is 3.94. The normalized spacial score (nSPS) is 22.6. The fraction of sp³-hybridized carbons (Fsp3) is 0.654. The van der Waals surface area contributed by atoms with Gasteiger partial charge in [0.25, 0.3) is 5.92 Å². The molecule has 202 valence electrons. The van der Waals surface area contributed by atoms with Crippen LogP contribution in [0.5, 0.6) is 0 Å². The molecule has 2 aliphatic carbocycles. The number of alkyl halides is 2. The summed E-state index contributed by atoms with van der Waals surface area (Å²) in [6.07, 6.45) is 3.77. The zero-order valence-electron chi connectivity index (χ0n) is 20.7. The van der Waals surface area contributed by atoms with Crippen LogP contribution in [0.3, 0.4) is 0 Å². The number of piperidine rings is 1. The predicted molar refractivity (Wildman–Crippen MR) is 129 cm³/mol. The number of carbonyl (C=O) groups is 2. The molecule has 1 aromatic rings. The molecule has 1 atom stereocenters. The standard InChI is InChI=1S/C15H15F3N3O.C11H18N2O2/c16-11-3-1-10(2-4-11)7-15(17,18)8-12(20)13(22)21-14(9-19)5-6-14;14-10(15)13-7-11(8-13)3-5-12(6-4-11)9-1-2-9/h1-4,12,20H,5-8H2,(H,21,22);9H,1-8H2,(H,14,15)/q-1;/t12-;/m0./s1. The third-order valence-corrected chi connectivity index (χ3v) is 7.77. The highest BCUT2D eigenvalue weighted by atomic mass is 19.3. The van der Waals surface area contributed by atoms with Crippen molar-refractivity contribution in [3.05, 3.63) is 41.4 Å². The number of hydrogen-bond donors (Lipinski definition) is 2. The highest BCUT2D eigenvalue weighted by Gasteiger charge is 2.48. The van der Waals surface area contributed by atoms with E-state index >= 15 is 0 Å². The summed E-state index contributed by atoms with van der Waals surface area (Å²) in [5.41, 5.74) is 7.17. The Morgan fingerprint density at radius 1 is 1.16 bits per heavy atom. The van der Waals surface area contributed by atoms with Crippen LogP contribution < -0.4 is 5.32 Å². The third-order valence-electron chi connectivity index (χ3n) is 7.77. The molecule has 2 aliphatic heterocycles. The van der Waals surface area contributed by atoms with E-state index in [1.54, 1.807) is 4.90 Å². The molecule has 8 nitrogen and oxygen atoms in total. The number of carbonyl (C=O) groups excluding carboxylic acids is 1. The molecular formula is C26H33F3N5O3-. The lowest BCUT2D eigenvalue weighted by atomic mass is 9.72. The van der Waals surface area contributed by atoms with Crippen LogP contribution in [-0.2, 0) is 11.2 Å². The molecule has 0 aromatic heterocycles. The quantitative estimate of drug-likeness (QED) is 0.558. The van der Waals surface area contributed by atoms with Crippen molar-refractivity contribution in [3.63, 3.8) is 0 Å². The Bertz CT molecular complexity index is 1020. The van der Waals surface area contributed by atoms with Crippen LogP contribution in [0.15, 0.2) is 24.3 Å². The first kappa shape index (κ1) is 27.2. The van der Waals surface area contributed by atoms with Gasteiger partial charge in [0.15, 0.2) is 0 Å². The van der Waals surface area contributed by atoms with Crippen molar-refractivity contribution in [2.75, 3.05) is 26.2 Å². The van der Waals surface area contributed by atoms with Gasteiger partial charge in [-0.2, -0.15) is 5.26 Å². The number of amides is 2. The molecule has 4 fully saturated rings. The van der Waals surface area contributed by atoms with Gasteiger partial charge >= 0.3 is 6.09 Å². The minimum absolute atomic E-state index is 0.231. The van der Waals surface area contributed by atoms with Gasteiger partial charge in [0.1, 0.15) is 11.4 Å². The number of nitrogens with zero attached hydrogens (tertiary/aromatic N) is 3. The van der Waals surface area contributed by atoms with Gasteiger partial charge in [-0.15, -0.1) is 0 Å². The molecular weight excluding hydrogens is 487 g/mol. The van der Waals surface area contributed by atoms with E-state index in [4.69, 9.17) is 16.1 Å². The molecule has 4 aliphatic rings. The summed E-state index contributed by atoms with van der Waals surface area (Å²) in [6, 6.07) is 5.79. The van der Waals surface area contributed by atoms with Gasteiger partial charge in [-0.1, -0.05) is 18.2 Å². The number of nitriles is 1. The summed E-state index contributed by atoms with van der Waals surface area (Å²) in [4.78, 5) is 26.5. The van der Waals surface area contributed by atoms with Gasteiger partial charge in [-0.3, -0.25) is 4.79 Å². The topological polar surface area (TPSA) is 120 Å². The van der Waals surface area contributed by atoms with Gasteiger partial charge in [-0.25, -0.2) is 18.0 Å². The monoisotopic (exact) mass is 520 g/mol. The van der Waals surface area contributed by atoms with Gasteiger partial charge in [-0.05, 0) is 69.3 Å². The predicted octanol–water partition coefficient (Wildman–Crippen LogP) is 4.21. The number of nitrogens with one attached hydrogen (secondary N) is 2. The molecule has 37 heavy (non-hydrogen) atoms. The zero-order valence-corrected chi connectivity index (χ0v) is 20.7. The highest BCUT2D eigenvalue weighted by Crippen LogP contribution is 2.42. The van der Waals surface area contributed by atoms with Crippen molar-refractivity contribution in [2.45, 2.75) is 74.9 Å². The fourth-order valence-corrected chi connectivity index (χ4v) is 5.10. The van der Waals surface area contributed by atoms with E-state index in [1.807, 2.05) is 6.07 Å². The zero-order chi connectivity index (χ0) is 26.8. The molecule has 0 bridgehead atoms. The van der Waals surface area contributed by atoms with Gasteiger partial charge in [0.05, 0.1) is 6.07 Å². The van der Waals surface area contributed by atoms with E-state index in [9.17, 15) is 22.8 Å². The molecule has 11 heteroatoms. The van der Waals surface area contributed by atoms with Crippen LogP contribution in [0.1, 0.15) is 50.5 Å². The Morgan fingerprint density at radius 2 is 1.76 bits per heavy atom. The molecule has 2 amide bonds. The Labute approximate surface area is 214 Å². The Hall–Kier alpha value is -2.84. The van der Waals surface area contributed by atoms with Crippen LogP contribution >= 0.6 is 0 Å². The van der Waals surface area contributed by atoms with Crippen LogP contribution in [0, 0.1) is 22.6 Å². The van der Waals surface area contributed by atoms with Gasteiger partial charge < -0.3 is 26.0 Å². The lowest BCUT2D eigenvalue weighted by molar-refractivity contribution is -0.124. The molecule has 3 N–H and O–H groups in total. The smallest absolute Gasteiger partial charge is 0.407 e. The van der Waals surface area contributed by atoms with Crippen molar-refractivity contribution in [2.24, 2.45) is 5.41 Å². The van der Waals surface area contributed by atoms with Crippen molar-refractivity contribution >= 4 is 12.0 Å². The Balaban J connectivity index is 0.000000184. The second-order valence-electron chi connectivity index (χ2n) is 11.0. The minimum atomic E-state index is -3.26. The number of hydrogen-bond acceptors (Lipinski definition) is 4. The third kappa shape index (κ3) is 7.14. The second kappa shape index (κ2) is 10.5. The highest BCUT2D eigenvalue weighted by molar-refractivity contribution is 5.84. The maximum Gasteiger partial charge on any atom is 0.407 e. The maximum absolute atomic E-state index is 13.9. The van der Waals surface area contributed by atoms with E-state index in [0.717, 1.165) is 31.3 Å². The molecule has 2 saturated carbocycles. The van der Waals surface area contributed by atoms with Crippen LogP contribution in [0.25, 0.3) is 5.73 Å². The molecule has 5 rings (SSSR count). The van der Waals surface area contributed by atoms with Crippen LogP contribution in [0.2, 0.25) is 0 Å². The Morgan fingerprint density at radius 3 is 2.24 bits per heavy atom. The molecule has 1 spiro atoms. The van der Waals surface area contributed by atoms with Gasteiger partial charge in [0.2, 0.25) is 5.91 Å². The number of benzene rings is 1. The number of carboxylic acid groups (broad SMARTS) is 1. The maximum atomic E-state index is 13.9. The molecule has 2 saturated heterocycles. The lowest BCUT2D eigenvalue weighted by Gasteiger charge is -2.53. The van der Waals surface area contributed by atoms with Gasteiger partial charge in [0, 0.05) is 37.4 Å². The largest absolute Gasteiger partial charge is 0.667 e. The van der Waals surface area contributed by atoms with E-state index in [0.29, 0.717) is 18.3 Å². The summed E-state index contributed by atoms with van der Waals surface area (Å²) >= 11 is 0. The fourth-order valence-electron chi connectivity index (χ4n) is 5.10. The first-order chi connectivity index (χ1) is 17.4. The van der Waals surface area contributed by atoms with E-state index in [1.165, 1.54) is 50.9 Å². The van der Waals surface area contributed by atoms with Crippen LogP contribution in [-0.4, -0.2) is 76.6 Å². The van der Waals surface area contributed by atoms with E-state index < -0.39 is 48.2 Å². The first-order valence-electron chi connectivity index (χ1n) is 12.7. The van der Waals surface area contributed by atoms with Crippen molar-refractivity contribution in [1.29, 1.82) is 5.26 Å². The number of rotatable bonds is 7. The summed E-state index contributed by atoms with van der Waals surface area (Å²) in [7, 11) is 0. The SMILES string of the molecule is N#CC1(NC(=O)[C@@H]([NH-])CC(F)(F)Cc2ccc(F)cc2)CC1.O=C(O)N1CC2(CCN(C3CC3)CC2)C1. The average molecular weight is 521 g/mol. The first-order valence-corrected chi connectivity index (χ1v) is 12.7. The number of halogens is 3. The van der Waals surface area contributed by atoms with E-state index in [-0.39, 0.29) is 5.56 Å². The van der Waals surface area contributed by atoms with Crippen LogP contribution in [0.4, 0.5) is 18.0 Å². The van der Waals surface area contributed by atoms with Crippen molar-refractivity contribution in [3.8, 4) is 6.07 Å². The second-order valence-corrected chi connectivity index (χ2v) is 11.0. The minimum Gasteiger partial charge on any atom is -0.667 e. The molecule has 1 aromatic carbocycles. The Kier molecular flexibility index (Phi) is 7.72. The summed E-state index contributed by atoms with van der Waals surface area (Å²) in [5, 5.41) is 20.0. The lowest BCUT2D eigenvalue weighted by Crippen LogP contribution is -2.61. The summed E-state index contributed by atoms with van der Waals surface area (Å²) < 4.78 is 40.5. The molecule has 0 unspecified atom stereocenters. The number of likely N-dealkylation sites (tertiary alicyclic amines) is 2. The average Bonchev–Trinajstić information content (AvgIpc) is 3.75.